The number of fused-ring (bicyclic) bond motifs is 1. The molecule has 2 aromatic carbocycles. The lowest BCUT2D eigenvalue weighted by Gasteiger charge is -2.11. The molecule has 0 saturated carbocycles. The molecule has 0 aliphatic rings. The molecule has 26 heavy (non-hydrogen) atoms. The Hall–Kier alpha value is -3.03. The van der Waals surface area contributed by atoms with Gasteiger partial charge in [0.05, 0.1) is 16.6 Å². The van der Waals surface area contributed by atoms with Gasteiger partial charge in [-0.05, 0) is 29.8 Å². The summed E-state index contributed by atoms with van der Waals surface area (Å²) in [6.07, 6.45) is -4.79. The largest absolute Gasteiger partial charge is 0.573 e. The molecule has 0 fully saturated rings. The van der Waals surface area contributed by atoms with E-state index in [-0.39, 0.29) is 17.2 Å². The molecule has 8 heteroatoms. The van der Waals surface area contributed by atoms with Crippen molar-refractivity contribution in [2.45, 2.75) is 26.1 Å². The van der Waals surface area contributed by atoms with Crippen LogP contribution < -0.4 is 4.74 Å². The standard InChI is InChI=1S/C18H15F3N2O3/c1-9(2)16-22-13-8-7-12(17(24)25)14(15(13)23-16)10-3-5-11(6-4-10)26-18(19,20)21/h3-9H,1-2H3,(H,22,23)(H,24,25). The SMILES string of the molecule is CC(C)c1nc2c(-c3ccc(OC(F)(F)F)cc3)c(C(=O)O)ccc2[nH]1. The number of nitrogens with zero attached hydrogens (tertiary/aromatic N) is 1. The smallest absolute Gasteiger partial charge is 0.478 e. The van der Waals surface area contributed by atoms with Crippen LogP contribution in [0.4, 0.5) is 13.2 Å². The molecule has 0 atom stereocenters. The number of halogens is 3. The number of nitrogens with one attached hydrogen (secondary N) is 1. The van der Waals surface area contributed by atoms with Crippen LogP contribution in [0, 0.1) is 0 Å². The van der Waals surface area contributed by atoms with Gasteiger partial charge >= 0.3 is 12.3 Å². The van der Waals surface area contributed by atoms with Crippen LogP contribution in [0.15, 0.2) is 36.4 Å². The Bertz CT molecular complexity index is 960. The zero-order valence-electron chi connectivity index (χ0n) is 13.9. The van der Waals surface area contributed by atoms with Gasteiger partial charge in [0, 0.05) is 11.5 Å². The molecule has 136 valence electrons. The highest BCUT2D eigenvalue weighted by molar-refractivity contribution is 6.05. The molecule has 0 aliphatic heterocycles. The highest BCUT2D eigenvalue weighted by Gasteiger charge is 2.31. The molecule has 1 aromatic heterocycles. The highest BCUT2D eigenvalue weighted by Crippen LogP contribution is 2.34. The second-order valence-corrected chi connectivity index (χ2v) is 6.04. The predicted molar refractivity (Wildman–Crippen MR) is 89.3 cm³/mol. The molecule has 0 saturated heterocycles. The number of aromatic carboxylic acids is 1. The Labute approximate surface area is 146 Å². The Balaban J connectivity index is 2.15. The minimum Gasteiger partial charge on any atom is -0.478 e. The Morgan fingerprint density at radius 2 is 1.81 bits per heavy atom. The van der Waals surface area contributed by atoms with Crippen molar-refractivity contribution in [3.8, 4) is 16.9 Å². The molecule has 3 aromatic rings. The van der Waals surface area contributed by atoms with E-state index in [1.165, 1.54) is 18.2 Å². The van der Waals surface area contributed by atoms with Crippen LogP contribution in [-0.4, -0.2) is 27.4 Å². The molecule has 1 heterocycles. The maximum absolute atomic E-state index is 12.3. The van der Waals surface area contributed by atoms with Gasteiger partial charge < -0.3 is 14.8 Å². The van der Waals surface area contributed by atoms with Crippen molar-refractivity contribution >= 4 is 17.0 Å². The molecule has 0 spiro atoms. The van der Waals surface area contributed by atoms with Crippen LogP contribution in [-0.2, 0) is 0 Å². The van der Waals surface area contributed by atoms with Crippen molar-refractivity contribution in [1.82, 2.24) is 9.97 Å². The summed E-state index contributed by atoms with van der Waals surface area (Å²) in [6, 6.07) is 8.12. The van der Waals surface area contributed by atoms with E-state index in [9.17, 15) is 23.1 Å². The number of carboxylic acid groups (broad SMARTS) is 1. The monoisotopic (exact) mass is 364 g/mol. The molecule has 3 rings (SSSR count). The second kappa shape index (κ2) is 6.36. The molecule has 2 N–H and O–H groups in total. The lowest BCUT2D eigenvalue weighted by atomic mass is 9.98. The Morgan fingerprint density at radius 1 is 1.15 bits per heavy atom. The maximum atomic E-state index is 12.3. The summed E-state index contributed by atoms with van der Waals surface area (Å²) >= 11 is 0. The Morgan fingerprint density at radius 3 is 2.35 bits per heavy atom. The average molecular weight is 364 g/mol. The number of carboxylic acids is 1. The van der Waals surface area contributed by atoms with Crippen LogP contribution in [0.25, 0.3) is 22.2 Å². The molecule has 0 bridgehead atoms. The van der Waals surface area contributed by atoms with Crippen molar-refractivity contribution in [1.29, 1.82) is 0 Å². The highest BCUT2D eigenvalue weighted by atomic mass is 19.4. The van der Waals surface area contributed by atoms with Gasteiger partial charge in [0.25, 0.3) is 0 Å². The number of ether oxygens (including phenoxy) is 1. The lowest BCUT2D eigenvalue weighted by molar-refractivity contribution is -0.274. The minimum absolute atomic E-state index is 0.0174. The fraction of sp³-hybridized carbons (Fsp3) is 0.222. The normalized spacial score (nSPS) is 11.9. The summed E-state index contributed by atoms with van der Waals surface area (Å²) in [7, 11) is 0. The number of hydrogen-bond donors (Lipinski definition) is 2. The average Bonchev–Trinajstić information content (AvgIpc) is 2.97. The van der Waals surface area contributed by atoms with E-state index in [0.717, 1.165) is 12.1 Å². The summed E-state index contributed by atoms with van der Waals surface area (Å²) in [5.74, 6) is -0.728. The third kappa shape index (κ3) is 3.49. The van der Waals surface area contributed by atoms with E-state index in [0.29, 0.717) is 28.0 Å². The first kappa shape index (κ1) is 17.8. The number of hydrogen-bond acceptors (Lipinski definition) is 3. The molecule has 0 amide bonds. The zero-order valence-corrected chi connectivity index (χ0v) is 13.9. The van der Waals surface area contributed by atoms with E-state index in [2.05, 4.69) is 14.7 Å². The van der Waals surface area contributed by atoms with Gasteiger partial charge in [-0.1, -0.05) is 26.0 Å². The quantitative estimate of drug-likeness (QED) is 0.687. The van der Waals surface area contributed by atoms with E-state index < -0.39 is 12.3 Å². The van der Waals surface area contributed by atoms with E-state index in [4.69, 9.17) is 0 Å². The number of aromatic nitrogens is 2. The molecule has 0 aliphatic carbocycles. The summed E-state index contributed by atoms with van der Waals surface area (Å²) in [4.78, 5) is 19.2. The van der Waals surface area contributed by atoms with E-state index >= 15 is 0 Å². The molecular formula is C18H15F3N2O3. The van der Waals surface area contributed by atoms with Gasteiger partial charge in [-0.2, -0.15) is 0 Å². The predicted octanol–water partition coefficient (Wildman–Crippen LogP) is 4.95. The fourth-order valence-electron chi connectivity index (χ4n) is 2.66. The van der Waals surface area contributed by atoms with E-state index in [1.54, 1.807) is 6.07 Å². The van der Waals surface area contributed by atoms with Crippen molar-refractivity contribution in [2.75, 3.05) is 0 Å². The van der Waals surface area contributed by atoms with Crippen LogP contribution in [0.1, 0.15) is 35.9 Å². The fourth-order valence-corrected chi connectivity index (χ4v) is 2.66. The Kier molecular flexibility index (Phi) is 4.35. The number of H-pyrrole nitrogens is 1. The first-order valence-corrected chi connectivity index (χ1v) is 7.78. The van der Waals surface area contributed by atoms with Crippen LogP contribution in [0.2, 0.25) is 0 Å². The number of carbonyl (C=O) groups is 1. The van der Waals surface area contributed by atoms with Gasteiger partial charge in [0.1, 0.15) is 11.6 Å². The van der Waals surface area contributed by atoms with Gasteiger partial charge in [-0.15, -0.1) is 13.2 Å². The second-order valence-electron chi connectivity index (χ2n) is 6.04. The molecule has 5 nitrogen and oxygen atoms in total. The molecule has 0 unspecified atom stereocenters. The summed E-state index contributed by atoms with van der Waals surface area (Å²) in [6.45, 7) is 3.89. The number of benzene rings is 2. The summed E-state index contributed by atoms with van der Waals surface area (Å²) < 4.78 is 40.8. The maximum Gasteiger partial charge on any atom is 0.573 e. The van der Waals surface area contributed by atoms with Gasteiger partial charge in [0.2, 0.25) is 0 Å². The van der Waals surface area contributed by atoms with Crippen molar-refractivity contribution in [3.05, 3.63) is 47.8 Å². The van der Waals surface area contributed by atoms with Crippen LogP contribution >= 0.6 is 0 Å². The van der Waals surface area contributed by atoms with Crippen LogP contribution in [0.3, 0.4) is 0 Å². The van der Waals surface area contributed by atoms with Crippen LogP contribution in [0.5, 0.6) is 5.75 Å². The van der Waals surface area contributed by atoms with Gasteiger partial charge in [-0.3, -0.25) is 0 Å². The number of rotatable bonds is 4. The zero-order chi connectivity index (χ0) is 19.1. The first-order chi connectivity index (χ1) is 12.2. The number of aromatic amines is 1. The van der Waals surface area contributed by atoms with Gasteiger partial charge in [-0.25, -0.2) is 9.78 Å². The number of alkyl halides is 3. The minimum atomic E-state index is -4.79. The van der Waals surface area contributed by atoms with Gasteiger partial charge in [0.15, 0.2) is 0 Å². The third-order valence-electron chi connectivity index (χ3n) is 3.83. The topological polar surface area (TPSA) is 75.2 Å². The number of imidazole rings is 1. The third-order valence-corrected chi connectivity index (χ3v) is 3.83. The first-order valence-electron chi connectivity index (χ1n) is 7.78. The van der Waals surface area contributed by atoms with Crippen molar-refractivity contribution < 1.29 is 27.8 Å². The van der Waals surface area contributed by atoms with E-state index in [1.807, 2.05) is 13.8 Å². The lowest BCUT2D eigenvalue weighted by Crippen LogP contribution is -2.16. The summed E-state index contributed by atoms with van der Waals surface area (Å²) in [5, 5.41) is 9.50. The van der Waals surface area contributed by atoms with Crippen molar-refractivity contribution in [2.24, 2.45) is 0 Å². The molecule has 0 radical (unpaired) electrons. The molecular weight excluding hydrogens is 349 g/mol. The van der Waals surface area contributed by atoms with Crippen molar-refractivity contribution in [3.63, 3.8) is 0 Å². The summed E-state index contributed by atoms with van der Waals surface area (Å²) in [5.41, 5.74) is 1.91.